The number of aromatic nitrogens is 3. The van der Waals surface area contributed by atoms with Gasteiger partial charge in [0.1, 0.15) is 29.6 Å². The standard InChI is InChI=1S/C19H21N7O7S3/c1-25-3-9(27)12(28)23-18(25)36-7-19(16(31)32)5-26-14(30)11(15(26)35-6-19)22-13(29)10(24-33-2)8-4-34-17(20)21-8/h3-4,11,15,27H,5-7H2,1-2H3,(H2,20,21)(H,22,29)(H,31,32)/t11?,15-,19?/m1/s1. The van der Waals surface area contributed by atoms with Crippen LogP contribution in [0.25, 0.3) is 0 Å². The first kappa shape index (κ1) is 25.8. The zero-order valence-corrected chi connectivity index (χ0v) is 21.4. The molecule has 192 valence electrons. The molecule has 4 heterocycles. The SMILES string of the molecule is CON=C(C(=O)NC1C(=O)N2CC(CSc3nc(=O)c(O)cn3C)(C(=O)O)CS[C@H]12)c1csc(N)n1. The zero-order chi connectivity index (χ0) is 26.2. The number of carbonyl (C=O) groups excluding carboxylic acids is 2. The number of hydrogen-bond donors (Lipinski definition) is 4. The van der Waals surface area contributed by atoms with E-state index in [1.165, 1.54) is 39.9 Å². The minimum atomic E-state index is -1.31. The summed E-state index contributed by atoms with van der Waals surface area (Å²) in [6, 6.07) is -0.875. The molecular formula is C19H21N7O7S3. The van der Waals surface area contributed by atoms with Gasteiger partial charge in [0, 0.05) is 30.5 Å². The van der Waals surface area contributed by atoms with Gasteiger partial charge in [0.15, 0.2) is 21.7 Å². The Labute approximate surface area is 215 Å². The molecule has 2 aliphatic rings. The smallest absolute Gasteiger partial charge is 0.315 e. The number of aromatic hydroxyl groups is 1. The van der Waals surface area contributed by atoms with E-state index in [0.29, 0.717) is 0 Å². The number of amides is 2. The van der Waals surface area contributed by atoms with E-state index in [2.05, 4.69) is 20.4 Å². The fourth-order valence-corrected chi connectivity index (χ4v) is 7.01. The van der Waals surface area contributed by atoms with Crippen molar-refractivity contribution in [2.75, 3.05) is 30.9 Å². The summed E-state index contributed by atoms with van der Waals surface area (Å²) in [6.45, 7) is -0.0775. The quantitative estimate of drug-likeness (QED) is 0.103. The van der Waals surface area contributed by atoms with E-state index in [1.807, 2.05) is 0 Å². The number of nitrogens with one attached hydrogen (secondary N) is 1. The second-order valence-corrected chi connectivity index (χ2v) is 10.9. The highest BCUT2D eigenvalue weighted by atomic mass is 32.2. The topological polar surface area (TPSA) is 202 Å². The van der Waals surface area contributed by atoms with Gasteiger partial charge in [-0.25, -0.2) is 4.98 Å². The van der Waals surface area contributed by atoms with Crippen molar-refractivity contribution < 1.29 is 29.4 Å². The van der Waals surface area contributed by atoms with E-state index in [4.69, 9.17) is 10.6 Å². The Hall–Kier alpha value is -3.31. The lowest BCUT2D eigenvalue weighted by atomic mass is 9.89. The summed E-state index contributed by atoms with van der Waals surface area (Å²) in [4.78, 5) is 63.6. The second-order valence-electron chi connectivity index (χ2n) is 8.01. The number of β-lactam (4-membered cyclic amide) rings is 1. The number of fused-ring (bicyclic) bond motifs is 1. The van der Waals surface area contributed by atoms with Crippen molar-refractivity contribution >= 4 is 63.5 Å². The lowest BCUT2D eigenvalue weighted by Gasteiger charge is -2.53. The van der Waals surface area contributed by atoms with Crippen molar-refractivity contribution in [3.8, 4) is 5.75 Å². The molecule has 17 heteroatoms. The lowest BCUT2D eigenvalue weighted by molar-refractivity contribution is -0.157. The highest BCUT2D eigenvalue weighted by Crippen LogP contribution is 2.44. The van der Waals surface area contributed by atoms with Crippen LogP contribution < -0.4 is 16.6 Å². The number of nitrogen functional groups attached to an aromatic ring is 1. The molecule has 0 aromatic carbocycles. The lowest BCUT2D eigenvalue weighted by Crippen LogP contribution is -2.74. The molecule has 0 spiro atoms. The van der Waals surface area contributed by atoms with Crippen molar-refractivity contribution in [2.24, 2.45) is 17.6 Å². The van der Waals surface area contributed by atoms with Gasteiger partial charge in [-0.05, 0) is 0 Å². The van der Waals surface area contributed by atoms with Gasteiger partial charge in [-0.1, -0.05) is 16.9 Å². The van der Waals surface area contributed by atoms with Crippen LogP contribution in [-0.2, 0) is 26.3 Å². The Morgan fingerprint density at radius 3 is 2.81 bits per heavy atom. The van der Waals surface area contributed by atoms with Gasteiger partial charge in [-0.15, -0.1) is 23.1 Å². The molecule has 2 fully saturated rings. The number of carbonyl (C=O) groups is 3. The Kier molecular flexibility index (Phi) is 7.14. The van der Waals surface area contributed by atoms with Gasteiger partial charge < -0.3 is 35.6 Å². The van der Waals surface area contributed by atoms with Gasteiger partial charge in [-0.3, -0.25) is 19.2 Å². The fourth-order valence-electron chi connectivity index (χ4n) is 3.66. The first-order valence-corrected chi connectivity index (χ1v) is 13.2. The summed E-state index contributed by atoms with van der Waals surface area (Å²) in [5.41, 5.74) is 3.57. The molecule has 2 unspecified atom stereocenters. The third-order valence-corrected chi connectivity index (χ3v) is 9.15. The van der Waals surface area contributed by atoms with Crippen LogP contribution in [0.15, 0.2) is 26.7 Å². The molecule has 14 nitrogen and oxygen atoms in total. The monoisotopic (exact) mass is 555 g/mol. The molecule has 0 saturated carbocycles. The minimum Gasteiger partial charge on any atom is -0.502 e. The van der Waals surface area contributed by atoms with Crippen LogP contribution in [0, 0.1) is 5.41 Å². The normalized spacial score (nSPS) is 23.6. The predicted octanol–water partition coefficient (Wildman–Crippen LogP) is -0.862. The van der Waals surface area contributed by atoms with Gasteiger partial charge in [-0.2, -0.15) is 4.98 Å². The number of carboxylic acid groups (broad SMARTS) is 1. The molecule has 4 rings (SSSR count). The molecule has 2 aromatic rings. The Balaban J connectivity index is 1.44. The molecule has 2 aliphatic heterocycles. The van der Waals surface area contributed by atoms with E-state index in [0.717, 1.165) is 23.1 Å². The maximum Gasteiger partial charge on any atom is 0.315 e. The Bertz CT molecular complexity index is 1310. The summed E-state index contributed by atoms with van der Waals surface area (Å²) < 4.78 is 1.42. The molecule has 5 N–H and O–H groups in total. The first-order chi connectivity index (χ1) is 17.1. The maximum atomic E-state index is 12.9. The van der Waals surface area contributed by atoms with Crippen LogP contribution in [0.4, 0.5) is 5.13 Å². The van der Waals surface area contributed by atoms with E-state index in [9.17, 15) is 29.4 Å². The summed E-state index contributed by atoms with van der Waals surface area (Å²) in [5, 5.41) is 27.4. The predicted molar refractivity (Wildman–Crippen MR) is 132 cm³/mol. The highest BCUT2D eigenvalue weighted by molar-refractivity contribution is 8.00. The largest absolute Gasteiger partial charge is 0.502 e. The van der Waals surface area contributed by atoms with E-state index >= 15 is 0 Å². The zero-order valence-electron chi connectivity index (χ0n) is 18.9. The van der Waals surface area contributed by atoms with Crippen LogP contribution in [0.3, 0.4) is 0 Å². The second kappa shape index (κ2) is 9.98. The fraction of sp³-hybridized carbons (Fsp3) is 0.421. The minimum absolute atomic E-state index is 0.0316. The molecule has 3 atom stereocenters. The van der Waals surface area contributed by atoms with Crippen molar-refractivity contribution in [3.63, 3.8) is 0 Å². The highest BCUT2D eigenvalue weighted by Gasteiger charge is 2.57. The Morgan fingerprint density at radius 1 is 1.42 bits per heavy atom. The molecular weight excluding hydrogens is 534 g/mol. The average molecular weight is 556 g/mol. The van der Waals surface area contributed by atoms with E-state index < -0.39 is 45.9 Å². The molecule has 2 aromatic heterocycles. The Morgan fingerprint density at radius 2 is 2.17 bits per heavy atom. The van der Waals surface area contributed by atoms with Gasteiger partial charge in [0.25, 0.3) is 5.91 Å². The van der Waals surface area contributed by atoms with Crippen molar-refractivity contribution in [2.45, 2.75) is 16.6 Å². The van der Waals surface area contributed by atoms with Crippen molar-refractivity contribution in [1.82, 2.24) is 24.8 Å². The number of aliphatic carboxylic acids is 1. The molecule has 0 aliphatic carbocycles. The number of thiazole rings is 1. The maximum absolute atomic E-state index is 12.9. The number of thioether (sulfide) groups is 2. The number of nitrogens with zero attached hydrogens (tertiary/aromatic N) is 5. The van der Waals surface area contributed by atoms with Crippen LogP contribution in [0.5, 0.6) is 5.75 Å². The molecule has 2 amide bonds. The van der Waals surface area contributed by atoms with Gasteiger partial charge in [0.05, 0.1) is 6.20 Å². The third-order valence-electron chi connectivity index (χ3n) is 5.56. The van der Waals surface area contributed by atoms with Crippen LogP contribution in [0.1, 0.15) is 5.69 Å². The van der Waals surface area contributed by atoms with Crippen molar-refractivity contribution in [3.05, 3.63) is 27.6 Å². The van der Waals surface area contributed by atoms with Gasteiger partial charge >= 0.3 is 11.5 Å². The van der Waals surface area contributed by atoms with Crippen LogP contribution in [-0.4, -0.2) is 89.7 Å². The van der Waals surface area contributed by atoms with Gasteiger partial charge in [0.2, 0.25) is 5.91 Å². The van der Waals surface area contributed by atoms with Crippen molar-refractivity contribution in [1.29, 1.82) is 0 Å². The summed E-state index contributed by atoms with van der Waals surface area (Å²) in [7, 11) is 2.84. The summed E-state index contributed by atoms with van der Waals surface area (Å²) in [6.07, 6.45) is 1.20. The number of aryl methyl sites for hydroxylation is 1. The summed E-state index contributed by atoms with van der Waals surface area (Å²) in [5.74, 6) is -2.53. The first-order valence-electron chi connectivity index (χ1n) is 10.2. The van der Waals surface area contributed by atoms with Crippen LogP contribution in [0.2, 0.25) is 0 Å². The molecule has 0 bridgehead atoms. The average Bonchev–Trinajstić information content (AvgIpc) is 3.27. The molecule has 36 heavy (non-hydrogen) atoms. The number of nitrogens with two attached hydrogens (primary N) is 1. The van der Waals surface area contributed by atoms with E-state index in [-0.39, 0.29) is 39.7 Å². The summed E-state index contributed by atoms with van der Waals surface area (Å²) >= 11 is 3.40. The number of anilines is 1. The molecule has 0 radical (unpaired) electrons. The van der Waals surface area contributed by atoms with Crippen LogP contribution >= 0.6 is 34.9 Å². The molecule has 2 saturated heterocycles. The number of oxime groups is 1. The number of rotatable bonds is 8. The van der Waals surface area contributed by atoms with E-state index in [1.54, 1.807) is 7.05 Å². The third kappa shape index (κ3) is 4.72. The number of hydrogen-bond acceptors (Lipinski definition) is 13. The number of carboxylic acids is 1.